The van der Waals surface area contributed by atoms with Crippen LogP contribution in [0.2, 0.25) is 0 Å². The molecule has 1 heterocycles. The monoisotopic (exact) mass is 303 g/mol. The molecule has 1 aliphatic rings. The van der Waals surface area contributed by atoms with Crippen LogP contribution in [-0.2, 0) is 4.79 Å². The highest BCUT2D eigenvalue weighted by atomic mass is 79.9. The predicted octanol–water partition coefficient (Wildman–Crippen LogP) is 4.12. The highest BCUT2D eigenvalue weighted by Gasteiger charge is 2.20. The van der Waals surface area contributed by atoms with Gasteiger partial charge in [0.25, 0.3) is 0 Å². The van der Waals surface area contributed by atoms with Gasteiger partial charge in [0.05, 0.1) is 0 Å². The molecule has 0 aromatic carbocycles. The lowest BCUT2D eigenvalue weighted by Gasteiger charge is -2.29. The standard InChI is InChI=1S/C14H26BrNO/c1-2-3-4-5-6-7-8-14(17)16-11-9-13(15)10-12-16/h13H,2-12H2,1H3. The Labute approximate surface area is 114 Å². The van der Waals surface area contributed by atoms with Gasteiger partial charge in [0.1, 0.15) is 0 Å². The largest absolute Gasteiger partial charge is 0.343 e. The summed E-state index contributed by atoms with van der Waals surface area (Å²) in [5, 5.41) is 0. The first-order chi connectivity index (χ1) is 8.24. The molecule has 0 saturated carbocycles. The second-order valence-corrected chi connectivity index (χ2v) is 6.37. The van der Waals surface area contributed by atoms with Gasteiger partial charge in [-0.1, -0.05) is 55.0 Å². The molecule has 0 atom stereocenters. The van der Waals surface area contributed by atoms with E-state index in [1.807, 2.05) is 4.90 Å². The Kier molecular flexibility index (Phi) is 7.91. The molecule has 17 heavy (non-hydrogen) atoms. The number of alkyl halides is 1. The van der Waals surface area contributed by atoms with Crippen LogP contribution in [0.25, 0.3) is 0 Å². The van der Waals surface area contributed by atoms with Crippen molar-refractivity contribution in [3.8, 4) is 0 Å². The number of unbranched alkanes of at least 4 members (excludes halogenated alkanes) is 5. The maximum absolute atomic E-state index is 11.9. The Balaban J connectivity index is 2.01. The van der Waals surface area contributed by atoms with Gasteiger partial charge in [-0.2, -0.15) is 0 Å². The lowest BCUT2D eigenvalue weighted by Crippen LogP contribution is -2.38. The molecule has 0 spiro atoms. The summed E-state index contributed by atoms with van der Waals surface area (Å²) in [6.45, 7) is 4.13. The highest BCUT2D eigenvalue weighted by Crippen LogP contribution is 2.18. The molecule has 100 valence electrons. The Hall–Kier alpha value is -0.0500. The van der Waals surface area contributed by atoms with Gasteiger partial charge in [-0.15, -0.1) is 0 Å². The molecule has 1 fully saturated rings. The van der Waals surface area contributed by atoms with Gasteiger partial charge >= 0.3 is 0 Å². The number of rotatable bonds is 7. The summed E-state index contributed by atoms with van der Waals surface area (Å²) < 4.78 is 0. The fourth-order valence-corrected chi connectivity index (χ4v) is 2.72. The summed E-state index contributed by atoms with van der Waals surface area (Å²) in [6.07, 6.45) is 10.6. The Morgan fingerprint density at radius 3 is 2.35 bits per heavy atom. The number of amides is 1. The fourth-order valence-electron chi connectivity index (χ4n) is 2.31. The van der Waals surface area contributed by atoms with E-state index in [1.54, 1.807) is 0 Å². The Morgan fingerprint density at radius 1 is 1.12 bits per heavy atom. The van der Waals surface area contributed by atoms with Crippen LogP contribution >= 0.6 is 15.9 Å². The van der Waals surface area contributed by atoms with Gasteiger partial charge in [0.15, 0.2) is 0 Å². The zero-order valence-corrected chi connectivity index (χ0v) is 12.7. The predicted molar refractivity (Wildman–Crippen MR) is 76.5 cm³/mol. The maximum atomic E-state index is 11.9. The summed E-state index contributed by atoms with van der Waals surface area (Å²) in [7, 11) is 0. The Bertz CT molecular complexity index is 212. The van der Waals surface area contributed by atoms with Crippen molar-refractivity contribution in [2.45, 2.75) is 69.5 Å². The summed E-state index contributed by atoms with van der Waals surface area (Å²) in [4.78, 5) is 14.6. The van der Waals surface area contributed by atoms with Gasteiger partial charge in [-0.25, -0.2) is 0 Å². The summed E-state index contributed by atoms with van der Waals surface area (Å²) in [5.74, 6) is 0.375. The van der Waals surface area contributed by atoms with Crippen LogP contribution in [0.5, 0.6) is 0 Å². The minimum atomic E-state index is 0.375. The van der Waals surface area contributed by atoms with Crippen LogP contribution in [0.3, 0.4) is 0 Å². The zero-order chi connectivity index (χ0) is 12.5. The smallest absolute Gasteiger partial charge is 0.222 e. The van der Waals surface area contributed by atoms with E-state index in [-0.39, 0.29) is 0 Å². The molecule has 3 heteroatoms. The van der Waals surface area contributed by atoms with Crippen LogP contribution < -0.4 is 0 Å². The maximum Gasteiger partial charge on any atom is 0.222 e. The summed E-state index contributed by atoms with van der Waals surface area (Å²) in [5.41, 5.74) is 0. The molecule has 1 aliphatic heterocycles. The summed E-state index contributed by atoms with van der Waals surface area (Å²) in [6, 6.07) is 0. The molecule has 0 aromatic heterocycles. The number of hydrogen-bond acceptors (Lipinski definition) is 1. The number of hydrogen-bond donors (Lipinski definition) is 0. The third-order valence-electron chi connectivity index (χ3n) is 3.52. The van der Waals surface area contributed by atoms with Crippen LogP contribution in [0.1, 0.15) is 64.7 Å². The van der Waals surface area contributed by atoms with Crippen molar-refractivity contribution in [3.63, 3.8) is 0 Å². The molecular formula is C14H26BrNO. The topological polar surface area (TPSA) is 20.3 Å². The first-order valence-electron chi connectivity index (χ1n) is 7.16. The molecule has 0 aromatic rings. The van der Waals surface area contributed by atoms with Crippen molar-refractivity contribution in [2.24, 2.45) is 0 Å². The number of piperidine rings is 1. The van der Waals surface area contributed by atoms with Crippen LogP contribution in [0, 0.1) is 0 Å². The van der Waals surface area contributed by atoms with Crippen molar-refractivity contribution >= 4 is 21.8 Å². The normalized spacial score (nSPS) is 17.4. The number of likely N-dealkylation sites (tertiary alicyclic amines) is 1. The van der Waals surface area contributed by atoms with E-state index in [1.165, 1.54) is 32.1 Å². The fraction of sp³-hybridized carbons (Fsp3) is 0.929. The molecule has 1 amide bonds. The molecule has 0 unspecified atom stereocenters. The first-order valence-corrected chi connectivity index (χ1v) is 8.07. The molecule has 0 N–H and O–H groups in total. The quantitative estimate of drug-likeness (QED) is 0.512. The Morgan fingerprint density at radius 2 is 1.71 bits per heavy atom. The van der Waals surface area contributed by atoms with Crippen LogP contribution in [0.15, 0.2) is 0 Å². The van der Waals surface area contributed by atoms with Crippen LogP contribution in [-0.4, -0.2) is 28.7 Å². The van der Waals surface area contributed by atoms with Gasteiger partial charge < -0.3 is 4.90 Å². The van der Waals surface area contributed by atoms with E-state index in [0.717, 1.165) is 38.8 Å². The molecule has 2 nitrogen and oxygen atoms in total. The van der Waals surface area contributed by atoms with Crippen molar-refractivity contribution in [2.75, 3.05) is 13.1 Å². The van der Waals surface area contributed by atoms with Gasteiger partial charge in [0.2, 0.25) is 5.91 Å². The molecule has 0 radical (unpaired) electrons. The van der Waals surface area contributed by atoms with Crippen molar-refractivity contribution < 1.29 is 4.79 Å². The lowest BCUT2D eigenvalue weighted by molar-refractivity contribution is -0.132. The number of nitrogens with zero attached hydrogens (tertiary/aromatic N) is 1. The van der Waals surface area contributed by atoms with Crippen molar-refractivity contribution in [3.05, 3.63) is 0 Å². The van der Waals surface area contributed by atoms with Gasteiger partial charge in [0, 0.05) is 24.3 Å². The average molecular weight is 304 g/mol. The minimum absolute atomic E-state index is 0.375. The van der Waals surface area contributed by atoms with E-state index in [4.69, 9.17) is 0 Å². The third-order valence-corrected chi connectivity index (χ3v) is 4.44. The van der Waals surface area contributed by atoms with E-state index < -0.39 is 0 Å². The lowest BCUT2D eigenvalue weighted by atomic mass is 10.1. The van der Waals surface area contributed by atoms with Gasteiger partial charge in [-0.3, -0.25) is 4.79 Å². The molecule has 1 saturated heterocycles. The second kappa shape index (κ2) is 8.96. The average Bonchev–Trinajstić information content (AvgIpc) is 2.34. The minimum Gasteiger partial charge on any atom is -0.343 e. The van der Waals surface area contributed by atoms with E-state index >= 15 is 0 Å². The van der Waals surface area contributed by atoms with Crippen LogP contribution in [0.4, 0.5) is 0 Å². The van der Waals surface area contributed by atoms with E-state index in [0.29, 0.717) is 10.7 Å². The number of carbonyl (C=O) groups excluding carboxylic acids is 1. The molecular weight excluding hydrogens is 278 g/mol. The van der Waals surface area contributed by atoms with Crippen molar-refractivity contribution in [1.82, 2.24) is 4.90 Å². The third kappa shape index (κ3) is 6.44. The van der Waals surface area contributed by atoms with Gasteiger partial charge in [-0.05, 0) is 19.3 Å². The first kappa shape index (κ1) is 15.0. The second-order valence-electron chi connectivity index (χ2n) is 5.07. The number of halogens is 1. The summed E-state index contributed by atoms with van der Waals surface area (Å²) >= 11 is 3.61. The molecule has 0 bridgehead atoms. The molecule has 0 aliphatic carbocycles. The number of carbonyl (C=O) groups is 1. The highest BCUT2D eigenvalue weighted by molar-refractivity contribution is 9.09. The van der Waals surface area contributed by atoms with Crippen molar-refractivity contribution in [1.29, 1.82) is 0 Å². The molecule has 1 rings (SSSR count). The zero-order valence-electron chi connectivity index (χ0n) is 11.1. The van der Waals surface area contributed by atoms with E-state index in [2.05, 4.69) is 22.9 Å². The SMILES string of the molecule is CCCCCCCCC(=O)N1CCC(Br)CC1. The van der Waals surface area contributed by atoms with E-state index in [9.17, 15) is 4.79 Å².